The number of piperidine rings is 2. The molecule has 2 aliphatic rings. The first-order valence-corrected chi connectivity index (χ1v) is 8.88. The van der Waals surface area contributed by atoms with Crippen molar-refractivity contribution in [2.75, 3.05) is 20.1 Å². The highest BCUT2D eigenvalue weighted by atomic mass is 19.4. The second kappa shape index (κ2) is 8.33. The minimum Gasteiger partial charge on any atom is -0.475 e. The first kappa shape index (κ1) is 21.3. The molecule has 1 amide bonds. The molecule has 0 radical (unpaired) electrons. The number of likely N-dealkylation sites (N-methyl/N-ethyl adjacent to an activating group) is 1. The van der Waals surface area contributed by atoms with Crippen molar-refractivity contribution in [2.24, 2.45) is 0 Å². The summed E-state index contributed by atoms with van der Waals surface area (Å²) in [5, 5.41) is 7.12. The van der Waals surface area contributed by atoms with Crippen LogP contribution in [0, 0.1) is 6.92 Å². The van der Waals surface area contributed by atoms with Crippen LogP contribution < -0.4 is 0 Å². The average Bonchev–Trinajstić information content (AvgIpc) is 2.97. The number of carboxylic acids is 1. The minimum absolute atomic E-state index is 0.0647. The third-order valence-electron chi connectivity index (χ3n) is 5.17. The van der Waals surface area contributed by atoms with E-state index in [0.29, 0.717) is 5.91 Å². The normalized spacial score (nSPS) is 23.9. The van der Waals surface area contributed by atoms with Crippen molar-refractivity contribution in [2.45, 2.75) is 57.3 Å². The Hall–Kier alpha value is -2.03. The smallest absolute Gasteiger partial charge is 0.475 e. The van der Waals surface area contributed by atoms with Crippen LogP contribution in [0.3, 0.4) is 0 Å². The number of hydrogen-bond donors (Lipinski definition) is 1. The van der Waals surface area contributed by atoms with E-state index in [1.807, 2.05) is 24.9 Å². The number of amides is 1. The molecule has 0 saturated carbocycles. The number of alkyl halides is 3. The van der Waals surface area contributed by atoms with Gasteiger partial charge in [0, 0.05) is 20.0 Å². The second-order valence-corrected chi connectivity index (χ2v) is 7.16. The SMILES string of the molecule is Cc1ccc(CN2CCCC3(CCCC(=O)N3C)C2)o1.O=C(O)C(F)(F)F. The number of rotatable bonds is 2. The van der Waals surface area contributed by atoms with E-state index in [1.54, 1.807) is 0 Å². The molecule has 9 heteroatoms. The first-order chi connectivity index (χ1) is 12.5. The standard InChI is InChI=1S/C16H24N2O2.C2HF3O2/c1-13-6-7-14(20-13)11-18-10-4-9-16(12-18)8-3-5-15(19)17(16)2;3-2(4,5)1(6)7/h6-7H,3-5,8-12H2,1-2H3;(H,6,7). The van der Waals surface area contributed by atoms with Gasteiger partial charge in [-0.1, -0.05) is 0 Å². The fourth-order valence-electron chi connectivity index (χ4n) is 3.78. The summed E-state index contributed by atoms with van der Waals surface area (Å²) in [5.41, 5.74) is 0.0647. The maximum Gasteiger partial charge on any atom is 0.490 e. The second-order valence-electron chi connectivity index (χ2n) is 7.16. The van der Waals surface area contributed by atoms with E-state index in [9.17, 15) is 18.0 Å². The van der Waals surface area contributed by atoms with Gasteiger partial charge in [0.2, 0.25) is 5.91 Å². The van der Waals surface area contributed by atoms with Crippen LogP contribution in [0.4, 0.5) is 13.2 Å². The molecule has 152 valence electrons. The van der Waals surface area contributed by atoms with Crippen molar-refractivity contribution in [1.82, 2.24) is 9.80 Å². The maximum atomic E-state index is 12.0. The zero-order valence-electron chi connectivity index (χ0n) is 15.5. The van der Waals surface area contributed by atoms with Gasteiger partial charge in [-0.05, 0) is 51.3 Å². The molecule has 1 spiro atoms. The summed E-state index contributed by atoms with van der Waals surface area (Å²) in [6, 6.07) is 4.08. The molecule has 3 rings (SSSR count). The molecule has 0 aromatic carbocycles. The van der Waals surface area contributed by atoms with E-state index in [2.05, 4.69) is 11.0 Å². The minimum atomic E-state index is -5.08. The highest BCUT2D eigenvalue weighted by Crippen LogP contribution is 2.36. The topological polar surface area (TPSA) is 74.0 Å². The predicted octanol–water partition coefficient (Wildman–Crippen LogP) is 3.20. The predicted molar refractivity (Wildman–Crippen MR) is 91.0 cm³/mol. The summed E-state index contributed by atoms with van der Waals surface area (Å²) >= 11 is 0. The summed E-state index contributed by atoms with van der Waals surface area (Å²) in [4.78, 5) is 25.4. The Morgan fingerprint density at radius 1 is 1.30 bits per heavy atom. The average molecular weight is 390 g/mol. The fraction of sp³-hybridized carbons (Fsp3) is 0.667. The third-order valence-corrected chi connectivity index (χ3v) is 5.17. The van der Waals surface area contributed by atoms with Gasteiger partial charge < -0.3 is 14.4 Å². The summed E-state index contributed by atoms with van der Waals surface area (Å²) in [5.74, 6) is -0.444. The van der Waals surface area contributed by atoms with Gasteiger partial charge in [0.15, 0.2) is 0 Å². The van der Waals surface area contributed by atoms with Crippen LogP contribution in [0.5, 0.6) is 0 Å². The van der Waals surface area contributed by atoms with E-state index in [0.717, 1.165) is 63.3 Å². The van der Waals surface area contributed by atoms with Gasteiger partial charge in [-0.25, -0.2) is 4.79 Å². The number of carboxylic acid groups (broad SMARTS) is 1. The third kappa shape index (κ3) is 5.47. The Morgan fingerprint density at radius 2 is 1.93 bits per heavy atom. The summed E-state index contributed by atoms with van der Waals surface area (Å²) in [6.07, 6.45) is 0.121. The molecule has 1 aromatic heterocycles. The van der Waals surface area contributed by atoms with Crippen LogP contribution in [-0.4, -0.2) is 58.6 Å². The van der Waals surface area contributed by atoms with Gasteiger partial charge in [0.1, 0.15) is 11.5 Å². The van der Waals surface area contributed by atoms with Crippen molar-refractivity contribution < 1.29 is 32.3 Å². The quantitative estimate of drug-likeness (QED) is 0.840. The highest BCUT2D eigenvalue weighted by Gasteiger charge is 2.43. The molecule has 1 atom stereocenters. The number of furan rings is 1. The number of halogens is 3. The van der Waals surface area contributed by atoms with Gasteiger partial charge >= 0.3 is 12.1 Å². The fourth-order valence-corrected chi connectivity index (χ4v) is 3.78. The molecule has 27 heavy (non-hydrogen) atoms. The molecular weight excluding hydrogens is 365 g/mol. The molecule has 2 aliphatic heterocycles. The largest absolute Gasteiger partial charge is 0.490 e. The molecule has 0 bridgehead atoms. The number of aryl methyl sites for hydroxylation is 1. The van der Waals surface area contributed by atoms with E-state index in [1.165, 1.54) is 0 Å². The Balaban J connectivity index is 0.000000321. The van der Waals surface area contributed by atoms with Crippen molar-refractivity contribution in [3.05, 3.63) is 23.7 Å². The van der Waals surface area contributed by atoms with E-state index < -0.39 is 12.1 Å². The molecule has 3 heterocycles. The van der Waals surface area contributed by atoms with Gasteiger partial charge in [-0.15, -0.1) is 0 Å². The Labute approximate surface area is 155 Å². The zero-order chi connectivity index (χ0) is 20.2. The van der Waals surface area contributed by atoms with Crippen molar-refractivity contribution in [1.29, 1.82) is 0 Å². The van der Waals surface area contributed by atoms with Gasteiger partial charge in [-0.3, -0.25) is 9.69 Å². The number of carbonyl (C=O) groups is 2. The molecule has 1 N–H and O–H groups in total. The number of nitrogens with zero attached hydrogens (tertiary/aromatic N) is 2. The number of hydrogen-bond acceptors (Lipinski definition) is 4. The molecule has 6 nitrogen and oxygen atoms in total. The lowest BCUT2D eigenvalue weighted by Gasteiger charge is -2.50. The number of likely N-dealkylation sites (tertiary alicyclic amines) is 2. The first-order valence-electron chi connectivity index (χ1n) is 8.88. The van der Waals surface area contributed by atoms with Crippen LogP contribution >= 0.6 is 0 Å². The highest BCUT2D eigenvalue weighted by molar-refractivity contribution is 5.77. The number of aliphatic carboxylic acids is 1. The van der Waals surface area contributed by atoms with Gasteiger partial charge in [-0.2, -0.15) is 13.2 Å². The lowest BCUT2D eigenvalue weighted by molar-refractivity contribution is -0.192. The number of carbonyl (C=O) groups excluding carboxylic acids is 1. The zero-order valence-corrected chi connectivity index (χ0v) is 15.5. The monoisotopic (exact) mass is 390 g/mol. The Morgan fingerprint density at radius 3 is 2.48 bits per heavy atom. The van der Waals surface area contributed by atoms with Crippen LogP contribution in [0.25, 0.3) is 0 Å². The summed E-state index contributed by atoms with van der Waals surface area (Å²) in [7, 11) is 1.99. The molecule has 1 unspecified atom stereocenters. The van der Waals surface area contributed by atoms with Crippen molar-refractivity contribution >= 4 is 11.9 Å². The molecule has 1 aromatic rings. The van der Waals surface area contributed by atoms with Gasteiger partial charge in [0.05, 0.1) is 12.1 Å². The molecule has 2 fully saturated rings. The molecule has 2 saturated heterocycles. The molecular formula is C18H25F3N2O4. The van der Waals surface area contributed by atoms with Crippen LogP contribution in [0.1, 0.15) is 43.6 Å². The van der Waals surface area contributed by atoms with Crippen LogP contribution in [-0.2, 0) is 16.1 Å². The van der Waals surface area contributed by atoms with E-state index in [4.69, 9.17) is 14.3 Å². The van der Waals surface area contributed by atoms with Crippen molar-refractivity contribution in [3.63, 3.8) is 0 Å². The van der Waals surface area contributed by atoms with Crippen LogP contribution in [0.2, 0.25) is 0 Å². The lowest BCUT2D eigenvalue weighted by Crippen LogP contribution is -2.60. The van der Waals surface area contributed by atoms with Crippen molar-refractivity contribution in [3.8, 4) is 0 Å². The Kier molecular flexibility index (Phi) is 6.56. The summed E-state index contributed by atoms with van der Waals surface area (Å²) < 4.78 is 37.4. The van der Waals surface area contributed by atoms with Gasteiger partial charge in [0.25, 0.3) is 0 Å². The maximum absolute atomic E-state index is 12.0. The van der Waals surface area contributed by atoms with E-state index in [-0.39, 0.29) is 5.54 Å². The lowest BCUT2D eigenvalue weighted by atomic mass is 9.80. The summed E-state index contributed by atoms with van der Waals surface area (Å²) in [6.45, 7) is 4.92. The van der Waals surface area contributed by atoms with Crippen LogP contribution in [0.15, 0.2) is 16.5 Å². The molecule has 0 aliphatic carbocycles. The van der Waals surface area contributed by atoms with E-state index >= 15 is 0 Å². The Bertz CT molecular complexity index is 670.